The Morgan fingerprint density at radius 1 is 0.914 bits per heavy atom. The topological polar surface area (TPSA) is 37.3 Å². The number of nitrogens with zero attached hydrogens (tertiary/aromatic N) is 3. The molecule has 35 heavy (non-hydrogen) atoms. The molecule has 5 aliphatic rings. The number of likely N-dealkylation sites (N-methyl/N-ethyl adjacent to an activating group) is 1. The normalized spacial score (nSPS) is 43.9. The highest BCUT2D eigenvalue weighted by Gasteiger charge is 2.60. The molecule has 0 aromatic rings. The largest absolute Gasteiger partial charge is 0.395 e. The molecule has 1 heterocycles. The van der Waals surface area contributed by atoms with E-state index in [1.165, 1.54) is 83.7 Å². The predicted octanol–water partition coefficient (Wildman–Crippen LogP) is 5.69. The predicted molar refractivity (Wildman–Crippen MR) is 144 cm³/mol. The van der Waals surface area contributed by atoms with Crippen LogP contribution in [0.1, 0.15) is 84.5 Å². The van der Waals surface area contributed by atoms with Crippen molar-refractivity contribution < 1.29 is 9.57 Å². The van der Waals surface area contributed by atoms with Gasteiger partial charge in [-0.05, 0) is 132 Å². The zero-order valence-corrected chi connectivity index (χ0v) is 23.2. The zero-order valence-electron chi connectivity index (χ0n) is 23.2. The molecule has 0 bridgehead atoms. The van der Waals surface area contributed by atoms with Crippen LogP contribution >= 0.6 is 0 Å². The third kappa shape index (κ3) is 5.34. The monoisotopic (exact) mass is 487 g/mol. The number of hydrogen-bond acceptors (Lipinski definition) is 5. The first kappa shape index (κ1) is 26.0. The number of oxime groups is 1. The van der Waals surface area contributed by atoms with Crippen LogP contribution in [0.4, 0.5) is 0 Å². The third-order valence-electron chi connectivity index (χ3n) is 11.6. The van der Waals surface area contributed by atoms with Crippen LogP contribution in [0, 0.1) is 40.4 Å². The van der Waals surface area contributed by atoms with Crippen molar-refractivity contribution in [2.24, 2.45) is 45.6 Å². The van der Waals surface area contributed by atoms with Crippen LogP contribution in [-0.2, 0) is 9.57 Å². The molecule has 200 valence electrons. The molecule has 0 radical (unpaired) electrons. The lowest BCUT2D eigenvalue weighted by molar-refractivity contribution is -0.132. The Balaban J connectivity index is 1.15. The summed E-state index contributed by atoms with van der Waals surface area (Å²) in [5.74, 6) is 4.21. The number of rotatable bonds is 9. The van der Waals surface area contributed by atoms with Gasteiger partial charge in [0.2, 0.25) is 0 Å². The molecule has 5 fully saturated rings. The molecule has 4 aliphatic carbocycles. The second kappa shape index (κ2) is 11.0. The lowest BCUT2D eigenvalue weighted by Crippen LogP contribution is -2.54. The molecule has 0 unspecified atom stereocenters. The number of likely N-dealkylation sites (tertiary alicyclic amines) is 1. The van der Waals surface area contributed by atoms with E-state index in [-0.39, 0.29) is 0 Å². The van der Waals surface area contributed by atoms with Gasteiger partial charge < -0.3 is 19.4 Å². The van der Waals surface area contributed by atoms with Crippen molar-refractivity contribution in [3.8, 4) is 0 Å². The van der Waals surface area contributed by atoms with Crippen LogP contribution in [0.15, 0.2) is 5.16 Å². The van der Waals surface area contributed by atoms with Gasteiger partial charge >= 0.3 is 0 Å². The van der Waals surface area contributed by atoms with Crippen LogP contribution in [-0.4, -0.2) is 75.6 Å². The summed E-state index contributed by atoms with van der Waals surface area (Å²) < 4.78 is 6.47. The summed E-state index contributed by atoms with van der Waals surface area (Å²) in [5.41, 5.74) is 0.967. The van der Waals surface area contributed by atoms with Gasteiger partial charge in [0.1, 0.15) is 6.61 Å². The number of fused-ring (bicyclic) bond motifs is 5. The fraction of sp³-hybridized carbons (Fsp3) is 0.967. The van der Waals surface area contributed by atoms with Gasteiger partial charge in [-0.3, -0.25) is 0 Å². The Morgan fingerprint density at radius 3 is 2.49 bits per heavy atom. The molecule has 5 rings (SSSR count). The highest BCUT2D eigenvalue weighted by molar-refractivity contribution is 5.62. The molecule has 0 N–H and O–H groups in total. The minimum Gasteiger partial charge on any atom is -0.395 e. The smallest absolute Gasteiger partial charge is 0.129 e. The minimum atomic E-state index is 0.425. The fourth-order valence-electron chi connectivity index (χ4n) is 9.40. The maximum absolute atomic E-state index is 6.47. The van der Waals surface area contributed by atoms with Gasteiger partial charge in [0.15, 0.2) is 0 Å². The van der Waals surface area contributed by atoms with E-state index in [1.807, 2.05) is 0 Å². The summed E-state index contributed by atoms with van der Waals surface area (Å²) >= 11 is 0. The van der Waals surface area contributed by atoms with Gasteiger partial charge in [-0.15, -0.1) is 0 Å². The molecule has 4 saturated carbocycles. The quantitative estimate of drug-likeness (QED) is 0.238. The Bertz CT molecular complexity index is 722. The van der Waals surface area contributed by atoms with E-state index >= 15 is 0 Å². The van der Waals surface area contributed by atoms with Crippen LogP contribution in [0.25, 0.3) is 0 Å². The van der Waals surface area contributed by atoms with Crippen molar-refractivity contribution >= 4 is 6.21 Å². The molecular weight excluding hydrogens is 434 g/mol. The van der Waals surface area contributed by atoms with Crippen LogP contribution in [0.2, 0.25) is 0 Å². The Labute approximate surface area is 215 Å². The van der Waals surface area contributed by atoms with E-state index in [9.17, 15) is 0 Å². The maximum atomic E-state index is 6.47. The van der Waals surface area contributed by atoms with Crippen molar-refractivity contribution in [3.05, 3.63) is 0 Å². The summed E-state index contributed by atoms with van der Waals surface area (Å²) in [4.78, 5) is 10.3. The van der Waals surface area contributed by atoms with Gasteiger partial charge in [-0.1, -0.05) is 19.0 Å². The molecular formula is C30H53N3O2. The van der Waals surface area contributed by atoms with E-state index in [2.05, 4.69) is 49.1 Å². The molecule has 0 spiro atoms. The zero-order chi connectivity index (χ0) is 24.5. The van der Waals surface area contributed by atoms with Crippen LogP contribution < -0.4 is 0 Å². The number of hydrogen-bond donors (Lipinski definition) is 0. The van der Waals surface area contributed by atoms with E-state index in [0.717, 1.165) is 43.4 Å². The van der Waals surface area contributed by atoms with Gasteiger partial charge in [0.25, 0.3) is 0 Å². The van der Waals surface area contributed by atoms with Crippen molar-refractivity contribution in [2.75, 3.05) is 53.5 Å². The van der Waals surface area contributed by atoms with Gasteiger partial charge in [-0.25, -0.2) is 0 Å². The highest BCUT2D eigenvalue weighted by Crippen LogP contribution is 2.67. The molecule has 0 aromatic carbocycles. The van der Waals surface area contributed by atoms with Gasteiger partial charge in [-0.2, -0.15) is 0 Å². The lowest BCUT2D eigenvalue weighted by atomic mass is 9.44. The van der Waals surface area contributed by atoms with Crippen LogP contribution in [0.3, 0.4) is 0 Å². The second-order valence-corrected chi connectivity index (χ2v) is 13.6. The van der Waals surface area contributed by atoms with E-state index in [4.69, 9.17) is 9.57 Å². The summed E-state index contributed by atoms with van der Waals surface area (Å²) in [7, 11) is 4.16. The van der Waals surface area contributed by atoms with Gasteiger partial charge in [0, 0.05) is 25.2 Å². The van der Waals surface area contributed by atoms with E-state index in [0.29, 0.717) is 29.5 Å². The summed E-state index contributed by atoms with van der Waals surface area (Å²) in [5, 5.41) is 4.43. The Kier molecular flexibility index (Phi) is 8.16. The van der Waals surface area contributed by atoms with E-state index in [1.54, 1.807) is 0 Å². The first-order chi connectivity index (χ1) is 16.9. The first-order valence-corrected chi connectivity index (χ1v) is 15.0. The standard InChI is InChI=1S/C30H53N3O2/c1-29-13-11-25(34-19-18-33-15-5-6-16-33)21-23(29)7-9-26-27-10-8-24(22-31-35-20-17-32(3)4)30(27,2)14-12-28(26)29/h22-28H,5-21H2,1-4H3/b31-22+/t23-,24-,25+,26+,27+,28+,29+,30-/m1/s1. The SMILES string of the molecule is CN(C)CCO/N=C/[C@H]1CC[C@H]2[C@@H]3CC[C@@H]4C[C@@H](OCCN5CCCC5)CC[C@]4(C)[C@H]3CC[C@]12C. The maximum Gasteiger partial charge on any atom is 0.129 e. The first-order valence-electron chi connectivity index (χ1n) is 15.0. The fourth-order valence-corrected chi connectivity index (χ4v) is 9.40. The molecule has 5 heteroatoms. The molecule has 8 atom stereocenters. The summed E-state index contributed by atoms with van der Waals surface area (Å²) in [6.07, 6.45) is 17.9. The summed E-state index contributed by atoms with van der Waals surface area (Å²) in [6, 6.07) is 0. The lowest BCUT2D eigenvalue weighted by Gasteiger charge is -2.61. The van der Waals surface area contributed by atoms with Crippen molar-refractivity contribution in [3.63, 3.8) is 0 Å². The molecule has 1 saturated heterocycles. The average molecular weight is 488 g/mol. The van der Waals surface area contributed by atoms with Crippen molar-refractivity contribution in [1.82, 2.24) is 9.80 Å². The Hall–Kier alpha value is -0.650. The van der Waals surface area contributed by atoms with Gasteiger partial charge in [0.05, 0.1) is 12.7 Å². The van der Waals surface area contributed by atoms with E-state index < -0.39 is 0 Å². The molecule has 0 aromatic heterocycles. The number of ether oxygens (including phenoxy) is 1. The second-order valence-electron chi connectivity index (χ2n) is 13.6. The summed E-state index contributed by atoms with van der Waals surface area (Å²) in [6.45, 7) is 11.6. The molecule has 1 aliphatic heterocycles. The molecule has 5 nitrogen and oxygen atoms in total. The minimum absolute atomic E-state index is 0.425. The van der Waals surface area contributed by atoms with Crippen molar-refractivity contribution in [2.45, 2.75) is 90.6 Å². The van der Waals surface area contributed by atoms with Crippen LogP contribution in [0.5, 0.6) is 0 Å². The third-order valence-corrected chi connectivity index (χ3v) is 11.6. The molecule has 0 amide bonds. The average Bonchev–Trinajstić information content (AvgIpc) is 3.46. The van der Waals surface area contributed by atoms with Crippen molar-refractivity contribution in [1.29, 1.82) is 0 Å². The highest BCUT2D eigenvalue weighted by atomic mass is 16.6. The Morgan fingerprint density at radius 2 is 1.69 bits per heavy atom.